The molecule has 1 saturated heterocycles. The van der Waals surface area contributed by atoms with E-state index >= 15 is 0 Å². The molecule has 1 aromatic heterocycles. The average molecular weight is 477 g/mol. The topological polar surface area (TPSA) is 82.6 Å². The SMILES string of the molecule is CS(=O)(=O)c1ccc(NC(=O)CN2CCN(c3ncc(C(F)(F)F)cc3Cl)CC2)cc1. The molecule has 1 N–H and O–H groups in total. The van der Waals surface area contributed by atoms with Gasteiger partial charge < -0.3 is 10.2 Å². The van der Waals surface area contributed by atoms with Gasteiger partial charge in [-0.3, -0.25) is 9.69 Å². The Bertz CT molecular complexity index is 1050. The van der Waals surface area contributed by atoms with Crippen molar-refractivity contribution >= 4 is 38.9 Å². The molecule has 1 aromatic carbocycles. The van der Waals surface area contributed by atoms with E-state index in [1.165, 1.54) is 24.3 Å². The zero-order valence-electron chi connectivity index (χ0n) is 16.5. The number of hydrogen-bond donors (Lipinski definition) is 1. The number of anilines is 2. The van der Waals surface area contributed by atoms with Gasteiger partial charge in [-0.1, -0.05) is 11.6 Å². The Balaban J connectivity index is 1.52. The number of hydrogen-bond acceptors (Lipinski definition) is 6. The molecule has 0 aliphatic carbocycles. The Morgan fingerprint density at radius 3 is 2.29 bits per heavy atom. The normalized spacial score (nSPS) is 15.7. The number of piperazine rings is 1. The summed E-state index contributed by atoms with van der Waals surface area (Å²) < 4.78 is 61.2. The fourth-order valence-corrected chi connectivity index (χ4v) is 4.04. The first kappa shape index (κ1) is 23.3. The molecule has 31 heavy (non-hydrogen) atoms. The van der Waals surface area contributed by atoms with Crippen LogP contribution in [0.2, 0.25) is 5.02 Å². The number of nitrogens with zero attached hydrogens (tertiary/aromatic N) is 3. The largest absolute Gasteiger partial charge is 0.417 e. The second-order valence-corrected chi connectivity index (χ2v) is 9.56. The molecule has 3 rings (SSSR count). The standard InChI is InChI=1S/C19H20ClF3N4O3S/c1-31(29,30)15-4-2-14(3-5-15)25-17(28)12-26-6-8-27(9-7-26)18-16(20)10-13(11-24-18)19(21,22)23/h2-5,10-11H,6-9,12H2,1H3,(H,25,28). The Morgan fingerprint density at radius 2 is 1.77 bits per heavy atom. The van der Waals surface area contributed by atoms with Gasteiger partial charge >= 0.3 is 6.18 Å². The van der Waals surface area contributed by atoms with E-state index in [2.05, 4.69) is 10.3 Å². The number of nitrogens with one attached hydrogen (secondary N) is 1. The van der Waals surface area contributed by atoms with E-state index in [1.807, 2.05) is 4.90 Å². The lowest BCUT2D eigenvalue weighted by molar-refractivity contribution is -0.137. The molecule has 0 bridgehead atoms. The summed E-state index contributed by atoms with van der Waals surface area (Å²) in [5.74, 6) is 0.0241. The van der Waals surface area contributed by atoms with Crippen LogP contribution in [0, 0.1) is 0 Å². The number of carbonyl (C=O) groups is 1. The van der Waals surface area contributed by atoms with Gasteiger partial charge in [0, 0.05) is 44.3 Å². The van der Waals surface area contributed by atoms with Crippen molar-refractivity contribution in [3.05, 3.63) is 47.1 Å². The smallest absolute Gasteiger partial charge is 0.353 e. The minimum absolute atomic E-state index is 0.0708. The summed E-state index contributed by atoms with van der Waals surface area (Å²) >= 11 is 6.00. The van der Waals surface area contributed by atoms with Gasteiger partial charge in [0.15, 0.2) is 9.84 Å². The van der Waals surface area contributed by atoms with Crippen molar-refractivity contribution in [3.63, 3.8) is 0 Å². The van der Waals surface area contributed by atoms with Crippen LogP contribution in [0.4, 0.5) is 24.7 Å². The van der Waals surface area contributed by atoms with Gasteiger partial charge in [0.1, 0.15) is 5.82 Å². The zero-order chi connectivity index (χ0) is 22.8. The predicted molar refractivity (Wildman–Crippen MR) is 111 cm³/mol. The Kier molecular flexibility index (Phi) is 6.77. The lowest BCUT2D eigenvalue weighted by atomic mass is 10.2. The van der Waals surface area contributed by atoms with Crippen molar-refractivity contribution in [2.75, 3.05) is 49.2 Å². The number of pyridine rings is 1. The number of halogens is 4. The van der Waals surface area contributed by atoms with E-state index in [4.69, 9.17) is 11.6 Å². The van der Waals surface area contributed by atoms with Crippen LogP contribution in [0.1, 0.15) is 5.56 Å². The number of carbonyl (C=O) groups excluding carboxylic acids is 1. The van der Waals surface area contributed by atoms with E-state index in [1.54, 1.807) is 4.90 Å². The monoisotopic (exact) mass is 476 g/mol. The molecule has 0 unspecified atom stereocenters. The summed E-state index contributed by atoms with van der Waals surface area (Å²) in [6.07, 6.45) is -2.64. The molecular formula is C19H20ClF3N4O3S. The van der Waals surface area contributed by atoms with Crippen LogP contribution in [-0.4, -0.2) is 63.2 Å². The molecular weight excluding hydrogens is 457 g/mol. The van der Waals surface area contributed by atoms with E-state index in [0.29, 0.717) is 31.9 Å². The molecule has 0 atom stereocenters. The number of alkyl halides is 3. The number of rotatable bonds is 5. The van der Waals surface area contributed by atoms with Crippen molar-refractivity contribution in [2.45, 2.75) is 11.1 Å². The molecule has 168 valence electrons. The second kappa shape index (κ2) is 9.01. The number of benzene rings is 1. The molecule has 1 fully saturated rings. The van der Waals surface area contributed by atoms with Crippen LogP contribution in [0.25, 0.3) is 0 Å². The molecule has 12 heteroatoms. The third-order valence-electron chi connectivity index (χ3n) is 4.75. The molecule has 2 aromatic rings. The van der Waals surface area contributed by atoms with Crippen LogP contribution in [-0.2, 0) is 20.8 Å². The summed E-state index contributed by atoms with van der Waals surface area (Å²) in [4.78, 5) is 20.0. The zero-order valence-corrected chi connectivity index (χ0v) is 18.1. The first-order valence-corrected chi connectivity index (χ1v) is 11.5. The molecule has 0 saturated carbocycles. The molecule has 1 aliphatic rings. The quantitative estimate of drug-likeness (QED) is 0.714. The van der Waals surface area contributed by atoms with E-state index in [0.717, 1.165) is 18.5 Å². The minimum atomic E-state index is -4.51. The molecule has 0 radical (unpaired) electrons. The van der Waals surface area contributed by atoms with Gasteiger partial charge in [-0.15, -0.1) is 0 Å². The molecule has 1 aliphatic heterocycles. The van der Waals surface area contributed by atoms with Crippen LogP contribution in [0.15, 0.2) is 41.4 Å². The van der Waals surface area contributed by atoms with Crippen LogP contribution >= 0.6 is 11.6 Å². The maximum absolute atomic E-state index is 12.8. The van der Waals surface area contributed by atoms with Crippen molar-refractivity contribution in [3.8, 4) is 0 Å². The fraction of sp³-hybridized carbons (Fsp3) is 0.368. The highest BCUT2D eigenvalue weighted by molar-refractivity contribution is 7.90. The van der Waals surface area contributed by atoms with Crippen LogP contribution < -0.4 is 10.2 Å². The lowest BCUT2D eigenvalue weighted by Crippen LogP contribution is -2.49. The average Bonchev–Trinajstić information content (AvgIpc) is 2.67. The first-order valence-electron chi connectivity index (χ1n) is 9.23. The summed E-state index contributed by atoms with van der Waals surface area (Å²) in [6.45, 7) is 2.03. The summed E-state index contributed by atoms with van der Waals surface area (Å²) in [6, 6.07) is 6.74. The predicted octanol–water partition coefficient (Wildman–Crippen LogP) is 2.92. The Morgan fingerprint density at radius 1 is 1.16 bits per heavy atom. The van der Waals surface area contributed by atoms with E-state index in [9.17, 15) is 26.4 Å². The van der Waals surface area contributed by atoms with Gasteiger partial charge in [0.2, 0.25) is 5.91 Å². The summed E-state index contributed by atoms with van der Waals surface area (Å²) in [5, 5.41) is 2.64. The first-order chi connectivity index (χ1) is 14.4. The van der Waals surface area contributed by atoms with Crippen molar-refractivity contribution in [1.29, 1.82) is 0 Å². The molecule has 7 nitrogen and oxygen atoms in total. The van der Waals surface area contributed by atoms with Crippen molar-refractivity contribution in [2.24, 2.45) is 0 Å². The highest BCUT2D eigenvalue weighted by Crippen LogP contribution is 2.33. The molecule has 1 amide bonds. The molecule has 0 spiro atoms. The third-order valence-corrected chi connectivity index (χ3v) is 6.16. The minimum Gasteiger partial charge on any atom is -0.353 e. The third kappa shape index (κ3) is 6.08. The highest BCUT2D eigenvalue weighted by atomic mass is 35.5. The number of amides is 1. The maximum atomic E-state index is 12.8. The van der Waals surface area contributed by atoms with Gasteiger partial charge in [0.05, 0.1) is 22.0 Å². The van der Waals surface area contributed by atoms with Gasteiger partial charge in [-0.2, -0.15) is 13.2 Å². The summed E-state index contributed by atoms with van der Waals surface area (Å²) in [7, 11) is -3.31. The Hall–Kier alpha value is -2.37. The Labute approximate surface area is 182 Å². The number of aromatic nitrogens is 1. The number of sulfone groups is 1. The second-order valence-electron chi connectivity index (χ2n) is 7.14. The molecule has 2 heterocycles. The van der Waals surface area contributed by atoms with E-state index in [-0.39, 0.29) is 28.2 Å². The van der Waals surface area contributed by atoms with Crippen LogP contribution in [0.3, 0.4) is 0 Å². The fourth-order valence-electron chi connectivity index (χ4n) is 3.13. The van der Waals surface area contributed by atoms with Crippen molar-refractivity contribution < 1.29 is 26.4 Å². The highest BCUT2D eigenvalue weighted by Gasteiger charge is 2.32. The van der Waals surface area contributed by atoms with Gasteiger partial charge in [0.25, 0.3) is 0 Å². The summed E-state index contributed by atoms with van der Waals surface area (Å²) in [5.41, 5.74) is -0.419. The van der Waals surface area contributed by atoms with Gasteiger partial charge in [-0.25, -0.2) is 13.4 Å². The lowest BCUT2D eigenvalue weighted by Gasteiger charge is -2.35. The van der Waals surface area contributed by atoms with Crippen molar-refractivity contribution in [1.82, 2.24) is 9.88 Å². The van der Waals surface area contributed by atoms with Gasteiger partial charge in [-0.05, 0) is 30.3 Å². The van der Waals surface area contributed by atoms with Crippen LogP contribution in [0.5, 0.6) is 0 Å². The van der Waals surface area contributed by atoms with E-state index < -0.39 is 21.6 Å². The maximum Gasteiger partial charge on any atom is 0.417 e.